The highest BCUT2D eigenvalue weighted by atomic mass is 79.9. The Morgan fingerprint density at radius 2 is 2.00 bits per heavy atom. The summed E-state index contributed by atoms with van der Waals surface area (Å²) in [6, 6.07) is 5.11. The highest BCUT2D eigenvalue weighted by Gasteiger charge is 2.60. The first-order valence-corrected chi connectivity index (χ1v) is 6.32. The molecule has 0 bridgehead atoms. The number of fused-ring (bicyclic) bond motifs is 2. The molecule has 1 aromatic rings. The zero-order valence-electron chi connectivity index (χ0n) is 9.22. The van der Waals surface area contributed by atoms with Crippen LogP contribution in [-0.2, 0) is 10.2 Å². The smallest absolute Gasteiger partial charge is 0.302 e. The van der Waals surface area contributed by atoms with Crippen molar-refractivity contribution in [3.63, 3.8) is 0 Å². The number of halogens is 4. The Morgan fingerprint density at radius 3 is 2.56 bits per heavy atom. The van der Waals surface area contributed by atoms with Crippen molar-refractivity contribution in [1.29, 1.82) is 0 Å². The average molecular weight is 320 g/mol. The molecule has 0 radical (unpaired) electrons. The topological polar surface area (TPSA) is 20.3 Å². The fourth-order valence-corrected chi connectivity index (χ4v) is 2.91. The Kier molecular flexibility index (Phi) is 2.33. The third-order valence-corrected chi connectivity index (χ3v) is 4.00. The minimum Gasteiger partial charge on any atom is -0.302 e. The molecule has 1 amide bonds. The van der Waals surface area contributed by atoms with Gasteiger partial charge in [-0.3, -0.25) is 4.79 Å². The van der Waals surface area contributed by atoms with Crippen molar-refractivity contribution in [3.8, 4) is 0 Å². The van der Waals surface area contributed by atoms with Crippen LogP contribution in [0.25, 0.3) is 0 Å². The number of carbonyl (C=O) groups is 1. The van der Waals surface area contributed by atoms with Gasteiger partial charge in [0.2, 0.25) is 5.91 Å². The summed E-state index contributed by atoms with van der Waals surface area (Å²) in [5.41, 5.74) is 0.463. The highest BCUT2D eigenvalue weighted by molar-refractivity contribution is 9.10. The number of benzene rings is 1. The highest BCUT2D eigenvalue weighted by Crippen LogP contribution is 2.57. The summed E-state index contributed by atoms with van der Waals surface area (Å²) in [6.07, 6.45) is -3.08. The first-order valence-electron chi connectivity index (χ1n) is 5.52. The molecule has 1 aliphatic heterocycles. The Balaban J connectivity index is 2.07. The van der Waals surface area contributed by atoms with E-state index in [0.29, 0.717) is 23.0 Å². The number of amides is 1. The lowest BCUT2D eigenvalue weighted by molar-refractivity contribution is -0.132. The average Bonchev–Trinajstić information content (AvgIpc) is 3.01. The molecule has 2 nitrogen and oxygen atoms in total. The van der Waals surface area contributed by atoms with Gasteiger partial charge in [-0.15, -0.1) is 0 Å². The number of hydrogen-bond acceptors (Lipinski definition) is 1. The second kappa shape index (κ2) is 3.50. The number of alkyl halides is 3. The van der Waals surface area contributed by atoms with Gasteiger partial charge in [-0.2, -0.15) is 13.2 Å². The lowest BCUT2D eigenvalue weighted by Crippen LogP contribution is -2.39. The molecule has 1 saturated carbocycles. The summed E-state index contributed by atoms with van der Waals surface area (Å²) >= 11 is 3.23. The van der Waals surface area contributed by atoms with Crippen molar-refractivity contribution in [3.05, 3.63) is 28.2 Å². The van der Waals surface area contributed by atoms with Crippen LogP contribution in [0, 0.1) is 0 Å². The molecule has 18 heavy (non-hydrogen) atoms. The van der Waals surface area contributed by atoms with E-state index in [1.54, 1.807) is 18.2 Å². The summed E-state index contributed by atoms with van der Waals surface area (Å²) in [7, 11) is 0. The second-order valence-corrected chi connectivity index (χ2v) is 5.67. The largest absolute Gasteiger partial charge is 0.406 e. The van der Waals surface area contributed by atoms with Crippen LogP contribution in [0.4, 0.5) is 18.9 Å². The Labute approximate surface area is 110 Å². The Bertz CT molecular complexity index is 537. The van der Waals surface area contributed by atoms with Crippen LogP contribution in [0.15, 0.2) is 22.7 Å². The molecule has 0 N–H and O–H groups in total. The zero-order valence-corrected chi connectivity index (χ0v) is 10.8. The molecule has 0 atom stereocenters. The molecular formula is C12H9BrF3NO. The van der Waals surface area contributed by atoms with E-state index in [4.69, 9.17) is 0 Å². The maximum atomic E-state index is 12.5. The molecule has 3 rings (SSSR count). The van der Waals surface area contributed by atoms with Crippen molar-refractivity contribution in [2.24, 2.45) is 0 Å². The minimum absolute atomic E-state index is 0.393. The van der Waals surface area contributed by atoms with Crippen LogP contribution in [0.5, 0.6) is 0 Å². The van der Waals surface area contributed by atoms with Crippen LogP contribution in [0.1, 0.15) is 18.4 Å². The van der Waals surface area contributed by atoms with Crippen molar-refractivity contribution in [1.82, 2.24) is 0 Å². The second-order valence-electron chi connectivity index (χ2n) is 4.75. The number of nitrogens with zero attached hydrogens (tertiary/aromatic N) is 1. The summed E-state index contributed by atoms with van der Waals surface area (Å²) in [5, 5.41) is 0. The minimum atomic E-state index is -4.38. The van der Waals surface area contributed by atoms with Gasteiger partial charge < -0.3 is 4.90 Å². The van der Waals surface area contributed by atoms with Gasteiger partial charge in [-0.05, 0) is 30.5 Å². The zero-order chi connectivity index (χ0) is 13.1. The fourth-order valence-electron chi connectivity index (χ4n) is 2.56. The molecule has 2 aliphatic rings. The van der Waals surface area contributed by atoms with Gasteiger partial charge in [0.1, 0.15) is 6.54 Å². The molecule has 6 heteroatoms. The summed E-state index contributed by atoms with van der Waals surface area (Å²) in [6.45, 7) is -1.21. The van der Waals surface area contributed by atoms with E-state index in [9.17, 15) is 18.0 Å². The maximum absolute atomic E-state index is 12.5. The quantitative estimate of drug-likeness (QED) is 0.777. The lowest BCUT2D eigenvalue weighted by atomic mass is 9.98. The third-order valence-electron chi connectivity index (χ3n) is 3.51. The van der Waals surface area contributed by atoms with Gasteiger partial charge in [0.05, 0.1) is 5.41 Å². The van der Waals surface area contributed by atoms with E-state index < -0.39 is 24.0 Å². The summed E-state index contributed by atoms with van der Waals surface area (Å²) < 4.78 is 38.3. The normalized spacial score (nSPS) is 20.4. The van der Waals surface area contributed by atoms with Crippen LogP contribution < -0.4 is 4.90 Å². The van der Waals surface area contributed by atoms with Gasteiger partial charge in [0.25, 0.3) is 0 Å². The molecule has 0 saturated heterocycles. The molecule has 0 unspecified atom stereocenters. The van der Waals surface area contributed by atoms with Gasteiger partial charge in [0.15, 0.2) is 0 Å². The number of hydrogen-bond donors (Lipinski definition) is 0. The van der Waals surface area contributed by atoms with Crippen molar-refractivity contribution < 1.29 is 18.0 Å². The van der Waals surface area contributed by atoms with E-state index >= 15 is 0 Å². The van der Waals surface area contributed by atoms with E-state index in [2.05, 4.69) is 15.9 Å². The third kappa shape index (κ3) is 1.66. The van der Waals surface area contributed by atoms with Gasteiger partial charge in [-0.25, -0.2) is 0 Å². The molecular weight excluding hydrogens is 311 g/mol. The molecule has 1 aromatic carbocycles. The van der Waals surface area contributed by atoms with Crippen LogP contribution in [0.2, 0.25) is 0 Å². The standard InChI is InChI=1S/C12H9BrF3NO/c13-7-1-2-8-9(5-7)17(6-12(14,15)16)10(18)11(8)3-4-11/h1-2,5H,3-4,6H2. The van der Waals surface area contributed by atoms with Crippen LogP contribution in [-0.4, -0.2) is 18.6 Å². The van der Waals surface area contributed by atoms with Crippen LogP contribution in [0.3, 0.4) is 0 Å². The maximum Gasteiger partial charge on any atom is 0.406 e. The molecule has 1 fully saturated rings. The van der Waals surface area contributed by atoms with Gasteiger partial charge in [-0.1, -0.05) is 22.0 Å². The predicted octanol–water partition coefficient (Wildman–Crippen LogP) is 3.39. The predicted molar refractivity (Wildman–Crippen MR) is 63.5 cm³/mol. The molecule has 1 aliphatic carbocycles. The fraction of sp³-hybridized carbons (Fsp3) is 0.417. The van der Waals surface area contributed by atoms with Gasteiger partial charge >= 0.3 is 6.18 Å². The summed E-state index contributed by atoms with van der Waals surface area (Å²) in [4.78, 5) is 13.0. The number of carbonyl (C=O) groups excluding carboxylic acids is 1. The van der Waals surface area contributed by atoms with Crippen molar-refractivity contribution in [2.75, 3.05) is 11.4 Å². The summed E-state index contributed by atoms with van der Waals surface area (Å²) in [5.74, 6) is -0.409. The van der Waals surface area contributed by atoms with Crippen molar-refractivity contribution in [2.45, 2.75) is 24.4 Å². The van der Waals surface area contributed by atoms with Crippen LogP contribution >= 0.6 is 15.9 Å². The lowest BCUT2D eigenvalue weighted by Gasteiger charge is -2.19. The molecule has 0 aromatic heterocycles. The monoisotopic (exact) mass is 319 g/mol. The molecule has 1 spiro atoms. The molecule has 1 heterocycles. The Morgan fingerprint density at radius 1 is 1.33 bits per heavy atom. The first kappa shape index (κ1) is 12.0. The number of rotatable bonds is 1. The SMILES string of the molecule is O=C1N(CC(F)(F)F)c2cc(Br)ccc2C12CC2. The van der Waals surface area contributed by atoms with E-state index in [1.165, 1.54) is 0 Å². The molecule has 96 valence electrons. The Hall–Kier alpha value is -1.04. The van der Waals surface area contributed by atoms with E-state index in [-0.39, 0.29) is 0 Å². The first-order chi connectivity index (χ1) is 8.33. The van der Waals surface area contributed by atoms with Gasteiger partial charge in [0, 0.05) is 10.2 Å². The van der Waals surface area contributed by atoms with E-state index in [1.807, 2.05) is 0 Å². The number of anilines is 1. The van der Waals surface area contributed by atoms with Crippen molar-refractivity contribution >= 4 is 27.5 Å². The van der Waals surface area contributed by atoms with E-state index in [0.717, 1.165) is 10.5 Å².